The summed E-state index contributed by atoms with van der Waals surface area (Å²) in [5, 5.41) is 0.417. The highest BCUT2D eigenvalue weighted by atomic mass is 32.1. The van der Waals surface area contributed by atoms with Crippen LogP contribution in [0.15, 0.2) is 0 Å². The molecule has 2 atom stereocenters. The van der Waals surface area contributed by atoms with Gasteiger partial charge in [-0.05, 0) is 12.4 Å². The van der Waals surface area contributed by atoms with E-state index in [2.05, 4.69) is 19.0 Å². The molecule has 0 aromatic rings. The predicted octanol–water partition coefficient (Wildman–Crippen LogP) is -1.72. The third-order valence-corrected chi connectivity index (χ3v) is 2.10. The van der Waals surface area contributed by atoms with Crippen molar-refractivity contribution in [2.45, 2.75) is 5.37 Å². The van der Waals surface area contributed by atoms with Gasteiger partial charge in [-0.15, -0.1) is 0 Å². The maximum absolute atomic E-state index is 5.12. The molecule has 8 heavy (non-hydrogen) atoms. The Balaban J connectivity index is 2.39. The van der Waals surface area contributed by atoms with Crippen LogP contribution in [0, 0.1) is 0 Å². The van der Waals surface area contributed by atoms with Crippen molar-refractivity contribution in [2.24, 2.45) is 0 Å². The van der Waals surface area contributed by atoms with E-state index in [1.165, 1.54) is 4.90 Å². The summed E-state index contributed by atoms with van der Waals surface area (Å²) in [4.78, 5) is 3.70. The van der Waals surface area contributed by atoms with Gasteiger partial charge in [-0.2, -0.15) is 0 Å². The zero-order valence-electron chi connectivity index (χ0n) is 5.35. The van der Waals surface area contributed by atoms with E-state index < -0.39 is 0 Å². The van der Waals surface area contributed by atoms with E-state index in [9.17, 15) is 0 Å². The molecular formula is C5H12N2S. The van der Waals surface area contributed by atoms with Gasteiger partial charge in [-0.1, -0.05) is 0 Å². The van der Waals surface area contributed by atoms with Crippen LogP contribution >= 0.6 is 0 Å². The number of likely N-dealkylation sites (N-methyl/N-ethyl adjacent to an activating group) is 2. The zero-order chi connectivity index (χ0) is 6.15. The van der Waals surface area contributed by atoms with E-state index in [1.54, 1.807) is 0 Å². The summed E-state index contributed by atoms with van der Waals surface area (Å²) in [7, 11) is 4.25. The van der Waals surface area contributed by atoms with Crippen LogP contribution < -0.4 is 4.90 Å². The average molecular weight is 132 g/mol. The van der Waals surface area contributed by atoms with Crippen molar-refractivity contribution in [2.75, 3.05) is 27.3 Å². The van der Waals surface area contributed by atoms with E-state index in [0.29, 0.717) is 5.37 Å². The van der Waals surface area contributed by atoms with E-state index in [4.69, 9.17) is 12.6 Å². The third-order valence-electron chi connectivity index (χ3n) is 1.55. The molecule has 0 aromatic carbocycles. The second-order valence-electron chi connectivity index (χ2n) is 2.53. The van der Waals surface area contributed by atoms with Gasteiger partial charge in [0, 0.05) is 6.54 Å². The van der Waals surface area contributed by atoms with Crippen molar-refractivity contribution in [3.63, 3.8) is 0 Å². The van der Waals surface area contributed by atoms with Crippen molar-refractivity contribution in [1.29, 1.82) is 0 Å². The molecule has 1 aliphatic rings. The fraction of sp³-hybridized carbons (Fsp3) is 1.00. The Labute approximate surface area is 55.9 Å². The summed E-state index contributed by atoms with van der Waals surface area (Å²) in [5.74, 6) is 0. The number of nitrogens with zero attached hydrogens (tertiary/aromatic N) is 1. The quantitative estimate of drug-likeness (QED) is 0.392. The Hall–Kier alpha value is 0.270. The Morgan fingerprint density at radius 3 is 2.50 bits per heavy atom. The number of nitrogens with one attached hydrogen (secondary N) is 1. The van der Waals surface area contributed by atoms with Gasteiger partial charge in [0.25, 0.3) is 0 Å². The molecule has 1 aliphatic heterocycles. The summed E-state index contributed by atoms with van der Waals surface area (Å²) in [6, 6.07) is 0. The summed E-state index contributed by atoms with van der Waals surface area (Å²) in [6.45, 7) is 2.18. The normalized spacial score (nSPS) is 40.9. The van der Waals surface area contributed by atoms with Gasteiger partial charge in [0.05, 0.1) is 7.05 Å². The van der Waals surface area contributed by atoms with Crippen molar-refractivity contribution in [1.82, 2.24) is 4.90 Å². The van der Waals surface area contributed by atoms with Crippen molar-refractivity contribution in [3.05, 3.63) is 0 Å². The third kappa shape index (κ3) is 1.16. The molecule has 48 valence electrons. The van der Waals surface area contributed by atoms with Gasteiger partial charge in [-0.3, -0.25) is 4.90 Å². The first-order chi connectivity index (χ1) is 3.70. The van der Waals surface area contributed by atoms with E-state index in [-0.39, 0.29) is 0 Å². The molecule has 1 fully saturated rings. The standard InChI is InChI=1S/C5H12N2S/c1-6-3-5(8)7(2)4-6/h5,8H,3-4H2,1-2H3. The first-order valence-electron chi connectivity index (χ1n) is 2.87. The van der Waals surface area contributed by atoms with Gasteiger partial charge in [0.15, 0.2) is 0 Å². The first-order valence-corrected chi connectivity index (χ1v) is 3.34. The molecule has 1 heterocycles. The molecule has 1 N–H and O–H groups in total. The minimum absolute atomic E-state index is 0.417. The maximum Gasteiger partial charge on any atom is 0.131 e. The van der Waals surface area contributed by atoms with Crippen molar-refractivity contribution in [3.8, 4) is 0 Å². The highest BCUT2D eigenvalue weighted by Crippen LogP contribution is 1.86. The van der Waals surface area contributed by atoms with Crippen LogP contribution in [0.1, 0.15) is 0 Å². The monoisotopic (exact) mass is 132 g/mol. The maximum atomic E-state index is 5.12. The van der Waals surface area contributed by atoms with E-state index in [0.717, 1.165) is 13.2 Å². The molecular weight excluding hydrogens is 120 g/mol. The molecule has 1 rings (SSSR count). The van der Waals surface area contributed by atoms with Crippen LogP contribution in [0.4, 0.5) is 0 Å². The summed E-state index contributed by atoms with van der Waals surface area (Å²) >= 11 is 5.12. The second kappa shape index (κ2) is 2.25. The molecule has 2 unspecified atom stereocenters. The Kier molecular flexibility index (Phi) is 1.80. The number of hydrogen-bond acceptors (Lipinski definition) is 2. The zero-order valence-corrected chi connectivity index (χ0v) is 6.16. The van der Waals surface area contributed by atoms with Crippen LogP contribution in [0.2, 0.25) is 0 Å². The van der Waals surface area contributed by atoms with Crippen molar-refractivity contribution >= 4 is 12.6 Å². The SMILES string of the molecule is CN1CC([S-])[NH+](C)C1. The lowest BCUT2D eigenvalue weighted by molar-refractivity contribution is -0.880. The van der Waals surface area contributed by atoms with Gasteiger partial charge in [-0.25, -0.2) is 0 Å². The topological polar surface area (TPSA) is 7.68 Å². The summed E-state index contributed by atoms with van der Waals surface area (Å²) in [5.41, 5.74) is 0. The highest BCUT2D eigenvalue weighted by molar-refractivity contribution is 7.59. The summed E-state index contributed by atoms with van der Waals surface area (Å²) < 4.78 is 0. The molecule has 0 bridgehead atoms. The Bertz CT molecular complexity index is 76.5. The van der Waals surface area contributed by atoms with Crippen LogP contribution in [-0.2, 0) is 12.6 Å². The van der Waals surface area contributed by atoms with Crippen molar-refractivity contribution < 1.29 is 4.90 Å². The smallest absolute Gasteiger partial charge is 0.131 e. The lowest BCUT2D eigenvalue weighted by Gasteiger charge is -2.18. The van der Waals surface area contributed by atoms with Gasteiger partial charge in [0.1, 0.15) is 6.67 Å². The first kappa shape index (κ1) is 6.39. The highest BCUT2D eigenvalue weighted by Gasteiger charge is 2.17. The van der Waals surface area contributed by atoms with E-state index in [1.807, 2.05) is 0 Å². The second-order valence-corrected chi connectivity index (χ2v) is 3.10. The fourth-order valence-corrected chi connectivity index (χ4v) is 1.36. The summed E-state index contributed by atoms with van der Waals surface area (Å²) in [6.07, 6.45) is 0. The molecule has 2 nitrogen and oxygen atoms in total. The Morgan fingerprint density at radius 1 is 1.75 bits per heavy atom. The van der Waals surface area contributed by atoms with Gasteiger partial charge in [0.2, 0.25) is 0 Å². The lowest BCUT2D eigenvalue weighted by Crippen LogP contribution is -3.11. The lowest BCUT2D eigenvalue weighted by atomic mass is 10.6. The van der Waals surface area contributed by atoms with Crippen LogP contribution in [0.25, 0.3) is 0 Å². The van der Waals surface area contributed by atoms with Crippen LogP contribution in [0.5, 0.6) is 0 Å². The molecule has 0 amide bonds. The van der Waals surface area contributed by atoms with Crippen LogP contribution in [-0.4, -0.2) is 37.6 Å². The predicted molar refractivity (Wildman–Crippen MR) is 35.5 cm³/mol. The van der Waals surface area contributed by atoms with E-state index >= 15 is 0 Å². The molecule has 0 aliphatic carbocycles. The minimum atomic E-state index is 0.417. The molecule has 0 aromatic heterocycles. The number of rotatable bonds is 0. The number of quaternary nitrogens is 1. The minimum Gasteiger partial charge on any atom is -0.727 e. The largest absolute Gasteiger partial charge is 0.727 e. The molecule has 3 heteroatoms. The molecule has 0 saturated carbocycles. The molecule has 0 radical (unpaired) electrons. The van der Waals surface area contributed by atoms with Gasteiger partial charge >= 0.3 is 0 Å². The fourth-order valence-electron chi connectivity index (χ4n) is 1.03. The Morgan fingerprint density at radius 2 is 2.38 bits per heavy atom. The molecule has 0 spiro atoms. The van der Waals surface area contributed by atoms with Crippen LogP contribution in [0.3, 0.4) is 0 Å². The molecule has 1 saturated heterocycles. The number of hydrogen-bond donors (Lipinski definition) is 1. The van der Waals surface area contributed by atoms with Gasteiger partial charge < -0.3 is 17.5 Å². The average Bonchev–Trinajstić information content (AvgIpc) is 1.85.